The smallest absolute Gasteiger partial charge is 0.152 e. The van der Waals surface area contributed by atoms with Gasteiger partial charge in [0.25, 0.3) is 0 Å². The van der Waals surface area contributed by atoms with Gasteiger partial charge in [0, 0.05) is 18.7 Å². The Morgan fingerprint density at radius 1 is 1.13 bits per heavy atom. The Hall–Kier alpha value is -1.19. The van der Waals surface area contributed by atoms with Gasteiger partial charge in [-0.15, -0.1) is 0 Å². The minimum atomic E-state index is -0.890. The lowest BCUT2D eigenvalue weighted by Gasteiger charge is -2.26. The highest BCUT2D eigenvalue weighted by Gasteiger charge is 2.18. The normalized spacial score (nSPS) is 16.2. The maximum atomic E-state index is 13.1. The monoisotopic (exact) mass is 215 g/mol. The molecule has 1 N–H and O–H groups in total. The number of hydrogen-bond donors (Lipinski definition) is 1. The summed E-state index contributed by atoms with van der Waals surface area (Å²) in [5, 5.41) is 2.69. The fraction of sp³-hybridized carbons (Fsp3) is 0.455. The average molecular weight is 215 g/mol. The van der Waals surface area contributed by atoms with E-state index in [0.29, 0.717) is 24.6 Å². The highest BCUT2D eigenvalue weighted by molar-refractivity contribution is 5.46. The maximum absolute atomic E-state index is 13.1. The Bertz CT molecular complexity index is 338. The second kappa shape index (κ2) is 4.13. The van der Waals surface area contributed by atoms with Crippen LogP contribution in [0.5, 0.6) is 0 Å². The molecule has 0 atom stereocenters. The molecule has 0 bridgehead atoms. The summed E-state index contributed by atoms with van der Waals surface area (Å²) in [6.07, 6.45) is 3.37. The number of halogens is 3. The molecule has 0 radical (unpaired) electrons. The van der Waals surface area contributed by atoms with Crippen LogP contribution in [0.1, 0.15) is 19.3 Å². The number of benzene rings is 1. The predicted molar refractivity (Wildman–Crippen MR) is 52.1 cm³/mol. The predicted octanol–water partition coefficient (Wildman–Crippen LogP) is 3.32. The molecule has 1 saturated carbocycles. The van der Waals surface area contributed by atoms with Crippen molar-refractivity contribution in [1.29, 1.82) is 0 Å². The zero-order chi connectivity index (χ0) is 10.8. The average Bonchev–Trinajstić information content (AvgIpc) is 2.06. The van der Waals surface area contributed by atoms with Gasteiger partial charge in [-0.25, -0.2) is 13.2 Å². The van der Waals surface area contributed by atoms with Gasteiger partial charge in [-0.1, -0.05) is 6.42 Å². The third-order valence-corrected chi connectivity index (χ3v) is 2.80. The van der Waals surface area contributed by atoms with E-state index in [1.165, 1.54) is 6.42 Å². The topological polar surface area (TPSA) is 12.0 Å². The molecule has 0 aromatic heterocycles. The van der Waals surface area contributed by atoms with Crippen molar-refractivity contribution in [3.63, 3.8) is 0 Å². The molecule has 1 aromatic rings. The lowest BCUT2D eigenvalue weighted by molar-refractivity contribution is 0.332. The highest BCUT2D eigenvalue weighted by Crippen LogP contribution is 2.27. The Balaban J connectivity index is 2.05. The first-order valence-electron chi connectivity index (χ1n) is 5.05. The lowest BCUT2D eigenvalue weighted by Crippen LogP contribution is -2.21. The first-order valence-corrected chi connectivity index (χ1v) is 5.05. The summed E-state index contributed by atoms with van der Waals surface area (Å²) in [6.45, 7) is 0.555. The SMILES string of the molecule is Fc1cc(F)c(NCC2CCC2)c(F)c1. The molecule has 0 aliphatic heterocycles. The largest absolute Gasteiger partial charge is 0.380 e. The van der Waals surface area contributed by atoms with Crippen LogP contribution in [0, 0.1) is 23.4 Å². The second-order valence-corrected chi connectivity index (χ2v) is 3.92. The number of rotatable bonds is 3. The van der Waals surface area contributed by atoms with Crippen LogP contribution >= 0.6 is 0 Å². The Kier molecular flexibility index (Phi) is 2.84. The first-order chi connectivity index (χ1) is 7.16. The molecule has 1 aliphatic rings. The maximum Gasteiger partial charge on any atom is 0.152 e. The summed E-state index contributed by atoms with van der Waals surface area (Å²) in [6, 6.07) is 1.37. The molecule has 1 nitrogen and oxygen atoms in total. The molecule has 0 amide bonds. The van der Waals surface area contributed by atoms with Crippen LogP contribution < -0.4 is 5.32 Å². The Morgan fingerprint density at radius 2 is 1.73 bits per heavy atom. The van der Waals surface area contributed by atoms with Gasteiger partial charge in [0.15, 0.2) is 11.6 Å². The van der Waals surface area contributed by atoms with Gasteiger partial charge in [0.05, 0.1) is 0 Å². The summed E-state index contributed by atoms with van der Waals surface area (Å²) in [4.78, 5) is 0. The fourth-order valence-corrected chi connectivity index (χ4v) is 1.65. The number of nitrogens with one attached hydrogen (secondary N) is 1. The minimum Gasteiger partial charge on any atom is -0.380 e. The zero-order valence-corrected chi connectivity index (χ0v) is 8.19. The molecular formula is C11H12F3N. The summed E-state index contributed by atoms with van der Waals surface area (Å²) in [7, 11) is 0. The van der Waals surface area contributed by atoms with E-state index in [0.717, 1.165) is 12.8 Å². The van der Waals surface area contributed by atoms with Crippen LogP contribution in [-0.4, -0.2) is 6.54 Å². The quantitative estimate of drug-likeness (QED) is 0.815. The molecule has 0 spiro atoms. The number of hydrogen-bond acceptors (Lipinski definition) is 1. The third-order valence-electron chi connectivity index (χ3n) is 2.80. The molecule has 82 valence electrons. The van der Waals surface area contributed by atoms with Gasteiger partial charge in [-0.2, -0.15) is 0 Å². The fourth-order valence-electron chi connectivity index (χ4n) is 1.65. The lowest BCUT2D eigenvalue weighted by atomic mass is 9.85. The van der Waals surface area contributed by atoms with Gasteiger partial charge in [0.2, 0.25) is 0 Å². The summed E-state index contributed by atoms with van der Waals surface area (Å²) >= 11 is 0. The molecule has 2 rings (SSSR count). The van der Waals surface area contributed by atoms with Crippen molar-refractivity contribution in [1.82, 2.24) is 0 Å². The van der Waals surface area contributed by atoms with Gasteiger partial charge < -0.3 is 5.32 Å². The van der Waals surface area contributed by atoms with Crippen molar-refractivity contribution in [2.75, 3.05) is 11.9 Å². The summed E-state index contributed by atoms with van der Waals surface area (Å²) in [5.41, 5.74) is -0.219. The van der Waals surface area contributed by atoms with Crippen molar-refractivity contribution in [2.45, 2.75) is 19.3 Å². The third kappa shape index (κ3) is 2.25. The van der Waals surface area contributed by atoms with Crippen LogP contribution in [-0.2, 0) is 0 Å². The van der Waals surface area contributed by atoms with Crippen LogP contribution in [0.2, 0.25) is 0 Å². The van der Waals surface area contributed by atoms with E-state index in [-0.39, 0.29) is 5.69 Å². The highest BCUT2D eigenvalue weighted by atomic mass is 19.1. The van der Waals surface area contributed by atoms with Crippen LogP contribution in [0.3, 0.4) is 0 Å². The Labute approximate surface area is 86.3 Å². The van der Waals surface area contributed by atoms with E-state index >= 15 is 0 Å². The van der Waals surface area contributed by atoms with Crippen molar-refractivity contribution < 1.29 is 13.2 Å². The molecule has 1 aromatic carbocycles. The minimum absolute atomic E-state index is 0.219. The van der Waals surface area contributed by atoms with E-state index in [9.17, 15) is 13.2 Å². The van der Waals surface area contributed by atoms with Crippen molar-refractivity contribution >= 4 is 5.69 Å². The molecule has 15 heavy (non-hydrogen) atoms. The standard InChI is InChI=1S/C11H12F3N/c12-8-4-9(13)11(10(14)5-8)15-6-7-2-1-3-7/h4-5,7,15H,1-3,6H2. The Morgan fingerprint density at radius 3 is 2.20 bits per heavy atom. The van der Waals surface area contributed by atoms with Crippen LogP contribution in [0.4, 0.5) is 18.9 Å². The number of anilines is 1. The summed E-state index contributed by atoms with van der Waals surface area (Å²) < 4.78 is 38.9. The molecule has 0 unspecified atom stereocenters. The van der Waals surface area contributed by atoms with Gasteiger partial charge >= 0.3 is 0 Å². The molecule has 0 saturated heterocycles. The van der Waals surface area contributed by atoms with Crippen molar-refractivity contribution in [3.8, 4) is 0 Å². The second-order valence-electron chi connectivity index (χ2n) is 3.92. The zero-order valence-electron chi connectivity index (χ0n) is 8.19. The van der Waals surface area contributed by atoms with E-state index in [1.807, 2.05) is 0 Å². The molecule has 0 heterocycles. The van der Waals surface area contributed by atoms with E-state index in [4.69, 9.17) is 0 Å². The van der Waals surface area contributed by atoms with Crippen LogP contribution in [0.15, 0.2) is 12.1 Å². The molecular weight excluding hydrogens is 203 g/mol. The molecule has 1 aliphatic carbocycles. The van der Waals surface area contributed by atoms with Crippen molar-refractivity contribution in [2.24, 2.45) is 5.92 Å². The molecule has 1 fully saturated rings. The van der Waals surface area contributed by atoms with Gasteiger partial charge in [-0.05, 0) is 18.8 Å². The van der Waals surface area contributed by atoms with Crippen LogP contribution in [0.25, 0.3) is 0 Å². The van der Waals surface area contributed by atoms with E-state index < -0.39 is 17.5 Å². The van der Waals surface area contributed by atoms with E-state index in [1.54, 1.807) is 0 Å². The van der Waals surface area contributed by atoms with Gasteiger partial charge in [0.1, 0.15) is 11.5 Å². The van der Waals surface area contributed by atoms with Gasteiger partial charge in [-0.3, -0.25) is 0 Å². The van der Waals surface area contributed by atoms with Crippen molar-refractivity contribution in [3.05, 3.63) is 29.6 Å². The van der Waals surface area contributed by atoms with E-state index in [2.05, 4.69) is 5.32 Å². The summed E-state index contributed by atoms with van der Waals surface area (Å²) in [5.74, 6) is -2.13. The molecule has 4 heteroatoms. The first kappa shape index (κ1) is 10.3.